The number of hydrogen-bond acceptors (Lipinski definition) is 4. The van der Waals surface area contributed by atoms with Gasteiger partial charge < -0.3 is 5.32 Å². The number of rotatable bonds is 4. The second-order valence-electron chi connectivity index (χ2n) is 6.26. The highest BCUT2D eigenvalue weighted by Crippen LogP contribution is 2.36. The van der Waals surface area contributed by atoms with E-state index in [1.165, 1.54) is 0 Å². The van der Waals surface area contributed by atoms with E-state index in [1.54, 1.807) is 12.5 Å². The molecule has 0 aromatic rings. The van der Waals surface area contributed by atoms with Gasteiger partial charge in [0.2, 0.25) is 5.91 Å². The number of quaternary nitrogens is 1. The fourth-order valence-corrected chi connectivity index (χ4v) is 2.80. The van der Waals surface area contributed by atoms with Gasteiger partial charge in [0.1, 0.15) is 0 Å². The molecule has 1 fully saturated rings. The summed E-state index contributed by atoms with van der Waals surface area (Å²) in [5, 5.41) is 11.1. The molecule has 0 aromatic heterocycles. The minimum Gasteiger partial charge on any atom is -0.354 e. The van der Waals surface area contributed by atoms with Crippen LogP contribution < -0.4 is 10.8 Å². The summed E-state index contributed by atoms with van der Waals surface area (Å²) in [6, 6.07) is 0. The van der Waals surface area contributed by atoms with Crippen LogP contribution in [-0.2, 0) is 14.4 Å². The van der Waals surface area contributed by atoms with Crippen molar-refractivity contribution in [2.24, 2.45) is 5.92 Å². The second kappa shape index (κ2) is 5.88. The van der Waals surface area contributed by atoms with Crippen LogP contribution in [0.1, 0.15) is 33.6 Å². The van der Waals surface area contributed by atoms with E-state index < -0.39 is 17.4 Å². The summed E-state index contributed by atoms with van der Waals surface area (Å²) in [5.74, 6) is -1.33. The average molecular weight is 286 g/mol. The molecule has 114 valence electrons. The van der Waals surface area contributed by atoms with E-state index in [0.717, 1.165) is 0 Å². The molecule has 1 rings (SSSR count). The number of nitrogens with zero attached hydrogens (tertiary/aromatic N) is 1. The van der Waals surface area contributed by atoms with Crippen molar-refractivity contribution in [2.45, 2.75) is 39.2 Å². The normalized spacial score (nSPS) is 26.4. The Morgan fingerprint density at radius 2 is 1.95 bits per heavy atom. The number of carbonyl (C=O) groups excluding carboxylic acids is 3. The van der Waals surface area contributed by atoms with Crippen LogP contribution in [0.3, 0.4) is 0 Å². The smallest absolute Gasteiger partial charge is 0.318 e. The van der Waals surface area contributed by atoms with Gasteiger partial charge in [0, 0.05) is 19.9 Å². The van der Waals surface area contributed by atoms with Gasteiger partial charge in [-0.1, -0.05) is 0 Å². The lowest BCUT2D eigenvalue weighted by Gasteiger charge is -2.42. The molecule has 3 amide bonds. The zero-order chi connectivity index (χ0) is 15.6. The molecular formula is C13H24N3O4+. The fraction of sp³-hybridized carbons (Fsp3) is 0.769. The second-order valence-corrected chi connectivity index (χ2v) is 6.26. The van der Waals surface area contributed by atoms with Gasteiger partial charge in [-0.25, -0.2) is 14.8 Å². The third-order valence-electron chi connectivity index (χ3n) is 4.16. The molecule has 0 saturated carbocycles. The predicted molar refractivity (Wildman–Crippen MR) is 71.5 cm³/mol. The number of carbonyl (C=O) groups is 3. The predicted octanol–water partition coefficient (Wildman–Crippen LogP) is -0.210. The lowest BCUT2D eigenvalue weighted by molar-refractivity contribution is -0.886. The van der Waals surface area contributed by atoms with Crippen molar-refractivity contribution in [3.05, 3.63) is 0 Å². The van der Waals surface area contributed by atoms with Gasteiger partial charge in [-0.05, 0) is 20.8 Å². The van der Waals surface area contributed by atoms with E-state index in [1.807, 2.05) is 20.8 Å². The third kappa shape index (κ3) is 2.99. The van der Waals surface area contributed by atoms with Gasteiger partial charge in [0.05, 0.1) is 18.0 Å². The van der Waals surface area contributed by atoms with Gasteiger partial charge >= 0.3 is 5.91 Å². The van der Waals surface area contributed by atoms with Crippen molar-refractivity contribution in [1.29, 1.82) is 0 Å². The summed E-state index contributed by atoms with van der Waals surface area (Å²) < 4.78 is 0.0377. The number of likely N-dealkylation sites (tertiary alicyclic amines) is 1. The standard InChI is InChI=1S/C13H23N3O4/c1-13(2,3)16(8-11(18)14-4)6-5-9(12(16)19)7-10(17)15-20/h9H,5-8H2,1-4H3,(H2-,14,15,17,18,20)/p+1. The Morgan fingerprint density at radius 3 is 2.40 bits per heavy atom. The van der Waals surface area contributed by atoms with Gasteiger partial charge in [-0.3, -0.25) is 14.8 Å². The van der Waals surface area contributed by atoms with Crippen LogP contribution in [-0.4, -0.2) is 53.1 Å². The Hall–Kier alpha value is -1.47. The Kier molecular flexibility index (Phi) is 4.88. The Bertz CT molecular complexity index is 416. The number of hydrogen-bond donors (Lipinski definition) is 3. The number of amides is 3. The molecule has 20 heavy (non-hydrogen) atoms. The Balaban J connectivity index is 3.00. The van der Waals surface area contributed by atoms with Crippen LogP contribution in [0.15, 0.2) is 0 Å². The molecule has 7 heteroatoms. The maximum atomic E-state index is 12.7. The van der Waals surface area contributed by atoms with E-state index in [2.05, 4.69) is 5.32 Å². The summed E-state index contributed by atoms with van der Waals surface area (Å²) >= 11 is 0. The summed E-state index contributed by atoms with van der Waals surface area (Å²) in [6.45, 7) is 6.36. The minimum absolute atomic E-state index is 0.0377. The van der Waals surface area contributed by atoms with Crippen LogP contribution in [0.25, 0.3) is 0 Å². The lowest BCUT2D eigenvalue weighted by Crippen LogP contribution is -2.64. The molecule has 1 saturated heterocycles. The molecule has 0 spiro atoms. The summed E-state index contributed by atoms with van der Waals surface area (Å²) in [4.78, 5) is 35.7. The number of likely N-dealkylation sites (N-methyl/N-ethyl adjacent to an activating group) is 1. The van der Waals surface area contributed by atoms with E-state index in [9.17, 15) is 14.4 Å². The quantitative estimate of drug-likeness (QED) is 0.378. The molecule has 0 radical (unpaired) electrons. The first kappa shape index (κ1) is 16.6. The van der Waals surface area contributed by atoms with Crippen LogP contribution >= 0.6 is 0 Å². The maximum Gasteiger partial charge on any atom is 0.318 e. The molecule has 7 nitrogen and oxygen atoms in total. The van der Waals surface area contributed by atoms with Crippen molar-refractivity contribution >= 4 is 17.7 Å². The van der Waals surface area contributed by atoms with Crippen molar-refractivity contribution in [3.63, 3.8) is 0 Å². The average Bonchev–Trinajstić information content (AvgIpc) is 2.68. The molecule has 2 unspecified atom stereocenters. The number of nitrogens with one attached hydrogen (secondary N) is 2. The molecule has 2 atom stereocenters. The third-order valence-corrected chi connectivity index (χ3v) is 4.16. The zero-order valence-electron chi connectivity index (χ0n) is 12.5. The Labute approximate surface area is 118 Å². The van der Waals surface area contributed by atoms with Crippen molar-refractivity contribution < 1.29 is 24.1 Å². The number of hydroxylamine groups is 1. The molecule has 3 N–H and O–H groups in total. The van der Waals surface area contributed by atoms with E-state index >= 15 is 0 Å². The SMILES string of the molecule is CNC(=O)C[N+]1(C(C)(C)C)CCC(CC(=O)NO)C1=O. The highest BCUT2D eigenvalue weighted by atomic mass is 16.5. The molecular weight excluding hydrogens is 262 g/mol. The topological polar surface area (TPSA) is 95.5 Å². The highest BCUT2D eigenvalue weighted by Gasteiger charge is 2.55. The van der Waals surface area contributed by atoms with Crippen LogP contribution in [0.5, 0.6) is 0 Å². The van der Waals surface area contributed by atoms with Crippen molar-refractivity contribution in [2.75, 3.05) is 20.1 Å². The molecule has 1 aliphatic rings. The Morgan fingerprint density at radius 1 is 1.35 bits per heavy atom. The largest absolute Gasteiger partial charge is 0.354 e. The molecule has 0 aromatic carbocycles. The summed E-state index contributed by atoms with van der Waals surface area (Å²) in [7, 11) is 1.54. The van der Waals surface area contributed by atoms with Gasteiger partial charge in [0.15, 0.2) is 6.54 Å². The van der Waals surface area contributed by atoms with E-state index in [-0.39, 0.29) is 29.3 Å². The zero-order valence-corrected chi connectivity index (χ0v) is 12.5. The first-order valence-corrected chi connectivity index (χ1v) is 6.73. The first-order valence-electron chi connectivity index (χ1n) is 6.73. The van der Waals surface area contributed by atoms with Crippen LogP contribution in [0.2, 0.25) is 0 Å². The van der Waals surface area contributed by atoms with E-state index in [0.29, 0.717) is 13.0 Å². The summed E-state index contributed by atoms with van der Waals surface area (Å²) in [6.07, 6.45) is 0.500. The maximum absolute atomic E-state index is 12.7. The molecule has 0 bridgehead atoms. The lowest BCUT2D eigenvalue weighted by atomic mass is 9.99. The van der Waals surface area contributed by atoms with E-state index in [4.69, 9.17) is 5.21 Å². The molecule has 0 aliphatic carbocycles. The monoisotopic (exact) mass is 286 g/mol. The van der Waals surface area contributed by atoms with Gasteiger partial charge in [0.25, 0.3) is 5.91 Å². The first-order chi connectivity index (χ1) is 9.17. The summed E-state index contributed by atoms with van der Waals surface area (Å²) in [5.41, 5.74) is 1.13. The molecule has 1 aliphatic heterocycles. The molecule has 1 heterocycles. The fourth-order valence-electron chi connectivity index (χ4n) is 2.80. The van der Waals surface area contributed by atoms with Crippen molar-refractivity contribution in [1.82, 2.24) is 10.8 Å². The van der Waals surface area contributed by atoms with Gasteiger partial charge in [-0.2, -0.15) is 0 Å². The van der Waals surface area contributed by atoms with Gasteiger partial charge in [-0.15, -0.1) is 0 Å². The van der Waals surface area contributed by atoms with Crippen molar-refractivity contribution in [3.8, 4) is 0 Å². The van der Waals surface area contributed by atoms with Crippen LogP contribution in [0.4, 0.5) is 0 Å². The highest BCUT2D eigenvalue weighted by molar-refractivity contribution is 5.85. The minimum atomic E-state index is -0.572. The van der Waals surface area contributed by atoms with Crippen LogP contribution in [0, 0.1) is 5.92 Å².